The maximum absolute atomic E-state index is 6.47. The lowest BCUT2D eigenvalue weighted by atomic mass is 10.1. The summed E-state index contributed by atoms with van der Waals surface area (Å²) < 4.78 is 3.95. The summed E-state index contributed by atoms with van der Waals surface area (Å²) >= 11 is 28.2. The van der Waals surface area contributed by atoms with Gasteiger partial charge in [-0.1, -0.05) is 79.3 Å². The van der Waals surface area contributed by atoms with Crippen LogP contribution < -0.4 is 10.2 Å². The van der Waals surface area contributed by atoms with E-state index in [4.69, 9.17) is 56.6 Å². The van der Waals surface area contributed by atoms with Crippen LogP contribution in [0.3, 0.4) is 0 Å². The van der Waals surface area contributed by atoms with Crippen LogP contribution >= 0.6 is 69.9 Å². The fraction of sp³-hybridized carbons (Fsp3) is 0.297. The Morgan fingerprint density at radius 2 is 1.16 bits per heavy atom. The molecule has 0 spiro atoms. The molecule has 6 aromatic rings. The first-order chi connectivity index (χ1) is 23.8. The lowest BCUT2D eigenvalue weighted by Crippen LogP contribution is -2.25. The molecule has 0 aliphatic rings. The highest BCUT2D eigenvalue weighted by molar-refractivity contribution is 7.98. The third-order valence-electron chi connectivity index (χ3n) is 7.88. The first-order valence-corrected chi connectivity index (χ1v) is 20.2. The molecule has 4 aromatic heterocycles. The lowest BCUT2D eigenvalue weighted by Gasteiger charge is -2.23. The monoisotopic (exact) mass is 772 g/mol. The Morgan fingerprint density at radius 3 is 1.65 bits per heavy atom. The number of fused-ring (bicyclic) bond motifs is 2. The van der Waals surface area contributed by atoms with Crippen molar-refractivity contribution in [2.24, 2.45) is 0 Å². The van der Waals surface area contributed by atoms with Crippen LogP contribution in [0.4, 0.5) is 11.4 Å². The minimum atomic E-state index is 0.620. The van der Waals surface area contributed by atoms with Gasteiger partial charge in [-0.2, -0.15) is 10.2 Å². The summed E-state index contributed by atoms with van der Waals surface area (Å²) in [6, 6.07) is 23.5. The van der Waals surface area contributed by atoms with Crippen molar-refractivity contribution in [1.82, 2.24) is 19.2 Å². The molecule has 0 saturated heterocycles. The van der Waals surface area contributed by atoms with Gasteiger partial charge >= 0.3 is 0 Å². The SMILES string of the molecule is CCCN(CCC)c1c(SC)nn2c(-c3ccc(Cl)cc3Cl)cccc12.CCCNc1c(SC)nn2c(-c3ccc(Cl)cc3Cl)cccc12. The van der Waals surface area contributed by atoms with Gasteiger partial charge in [-0.05, 0) is 92.4 Å². The van der Waals surface area contributed by atoms with E-state index in [0.717, 1.165) is 88.2 Å². The molecular formula is C37H40Cl4N6S2. The van der Waals surface area contributed by atoms with Crippen LogP contribution in [-0.2, 0) is 0 Å². The van der Waals surface area contributed by atoms with Crippen molar-refractivity contribution in [3.63, 3.8) is 0 Å². The van der Waals surface area contributed by atoms with E-state index < -0.39 is 0 Å². The van der Waals surface area contributed by atoms with Crippen molar-refractivity contribution in [2.75, 3.05) is 42.4 Å². The minimum absolute atomic E-state index is 0.620. The molecule has 0 radical (unpaired) electrons. The summed E-state index contributed by atoms with van der Waals surface area (Å²) in [4.78, 5) is 2.45. The van der Waals surface area contributed by atoms with E-state index in [1.54, 1.807) is 35.7 Å². The van der Waals surface area contributed by atoms with Gasteiger partial charge in [0.05, 0.1) is 43.8 Å². The third kappa shape index (κ3) is 8.27. The highest BCUT2D eigenvalue weighted by Gasteiger charge is 2.21. The van der Waals surface area contributed by atoms with Gasteiger partial charge in [-0.25, -0.2) is 9.03 Å². The highest BCUT2D eigenvalue weighted by Crippen LogP contribution is 2.38. The Morgan fingerprint density at radius 1 is 0.653 bits per heavy atom. The van der Waals surface area contributed by atoms with Gasteiger partial charge in [-0.3, -0.25) is 0 Å². The molecule has 0 amide bonds. The first-order valence-electron chi connectivity index (χ1n) is 16.3. The average molecular weight is 775 g/mol. The summed E-state index contributed by atoms with van der Waals surface area (Å²) in [6.45, 7) is 9.54. The van der Waals surface area contributed by atoms with E-state index in [-0.39, 0.29) is 0 Å². The number of hydrogen-bond acceptors (Lipinski definition) is 6. The maximum Gasteiger partial charge on any atom is 0.142 e. The van der Waals surface area contributed by atoms with Gasteiger partial charge in [0, 0.05) is 40.8 Å². The zero-order valence-electron chi connectivity index (χ0n) is 28.2. The normalized spacial score (nSPS) is 11.2. The molecule has 0 aliphatic carbocycles. The van der Waals surface area contributed by atoms with Crippen LogP contribution in [0.15, 0.2) is 82.8 Å². The van der Waals surface area contributed by atoms with E-state index in [1.165, 1.54) is 5.69 Å². The molecule has 12 heteroatoms. The molecule has 0 aliphatic heterocycles. The molecule has 4 heterocycles. The minimum Gasteiger partial charge on any atom is -0.381 e. The molecule has 0 saturated carbocycles. The van der Waals surface area contributed by atoms with Crippen molar-refractivity contribution in [3.8, 4) is 22.5 Å². The molecule has 6 nitrogen and oxygen atoms in total. The van der Waals surface area contributed by atoms with Crippen LogP contribution in [0.2, 0.25) is 20.1 Å². The highest BCUT2D eigenvalue weighted by atomic mass is 35.5. The van der Waals surface area contributed by atoms with Gasteiger partial charge in [-0.15, -0.1) is 23.5 Å². The second-order valence-electron chi connectivity index (χ2n) is 11.3. The maximum atomic E-state index is 6.47. The van der Waals surface area contributed by atoms with Crippen LogP contribution in [0.25, 0.3) is 33.5 Å². The first kappa shape index (κ1) is 37.5. The molecule has 0 atom stereocenters. The van der Waals surface area contributed by atoms with Crippen molar-refractivity contribution >= 4 is 92.3 Å². The molecule has 0 unspecified atom stereocenters. The fourth-order valence-corrected chi connectivity index (χ4v) is 7.90. The number of pyridine rings is 2. The molecule has 6 rings (SSSR count). The second-order valence-corrected chi connectivity index (χ2v) is 14.6. The lowest BCUT2D eigenvalue weighted by molar-refractivity contribution is 0.740. The van der Waals surface area contributed by atoms with Gasteiger partial charge in [0.15, 0.2) is 0 Å². The standard InChI is InChI=1S/C20H23Cl2N3S.C17H17Cl2N3S/c1-4-11-24(12-5-2)19-18-8-6-7-17(25(18)23-20(19)26-3)15-10-9-14(21)13-16(15)22;1-3-9-20-16-15-6-4-5-14(22(15)21-17(16)23-2)12-8-7-11(18)10-13(12)19/h6-10,13H,4-5,11-12H2,1-3H3;4-8,10,20H,3,9H2,1-2H3. The molecular weight excluding hydrogens is 734 g/mol. The Hall–Kier alpha value is -2.72. The van der Waals surface area contributed by atoms with Crippen molar-refractivity contribution in [1.29, 1.82) is 0 Å². The number of anilines is 2. The summed E-state index contributed by atoms with van der Waals surface area (Å²) in [5.74, 6) is 0. The van der Waals surface area contributed by atoms with E-state index in [2.05, 4.69) is 55.4 Å². The van der Waals surface area contributed by atoms with E-state index in [9.17, 15) is 0 Å². The Bertz CT molecular complexity index is 2040. The Balaban J connectivity index is 0.000000192. The number of rotatable bonds is 12. The van der Waals surface area contributed by atoms with Crippen LogP contribution in [0, 0.1) is 0 Å². The zero-order valence-corrected chi connectivity index (χ0v) is 32.9. The number of thioether (sulfide) groups is 2. The van der Waals surface area contributed by atoms with E-state index in [0.29, 0.717) is 20.1 Å². The van der Waals surface area contributed by atoms with Gasteiger partial charge in [0.25, 0.3) is 0 Å². The number of benzene rings is 2. The summed E-state index contributed by atoms with van der Waals surface area (Å²) in [5, 5.41) is 17.7. The van der Waals surface area contributed by atoms with Gasteiger partial charge < -0.3 is 10.2 Å². The molecule has 49 heavy (non-hydrogen) atoms. The predicted octanol–water partition coefficient (Wildman–Crippen LogP) is 12.5. The smallest absolute Gasteiger partial charge is 0.142 e. The van der Waals surface area contributed by atoms with E-state index >= 15 is 0 Å². The molecule has 1 N–H and O–H groups in total. The zero-order chi connectivity index (χ0) is 35.1. The van der Waals surface area contributed by atoms with Gasteiger partial charge in [0.2, 0.25) is 0 Å². The second kappa shape index (κ2) is 17.5. The summed E-state index contributed by atoms with van der Waals surface area (Å²) in [7, 11) is 0. The van der Waals surface area contributed by atoms with Crippen molar-refractivity contribution in [3.05, 3.63) is 92.9 Å². The largest absolute Gasteiger partial charge is 0.381 e. The van der Waals surface area contributed by atoms with Crippen LogP contribution in [0.1, 0.15) is 40.0 Å². The number of nitrogens with one attached hydrogen (secondary N) is 1. The number of nitrogens with zero attached hydrogens (tertiary/aromatic N) is 5. The number of hydrogen-bond donors (Lipinski definition) is 1. The topological polar surface area (TPSA) is 49.9 Å². The number of aromatic nitrogens is 4. The summed E-state index contributed by atoms with van der Waals surface area (Å²) in [5.41, 5.74) is 8.22. The Kier molecular flexibility index (Phi) is 13.4. The Labute approximate surface area is 317 Å². The van der Waals surface area contributed by atoms with Gasteiger partial charge in [0.1, 0.15) is 10.1 Å². The molecule has 2 aromatic carbocycles. The number of halogens is 4. The summed E-state index contributed by atoms with van der Waals surface area (Å²) in [6.07, 6.45) is 7.39. The van der Waals surface area contributed by atoms with E-state index in [1.807, 2.05) is 57.8 Å². The predicted molar refractivity (Wildman–Crippen MR) is 216 cm³/mol. The fourth-order valence-electron chi connectivity index (χ4n) is 5.76. The van der Waals surface area contributed by atoms with Crippen molar-refractivity contribution < 1.29 is 0 Å². The van der Waals surface area contributed by atoms with Crippen LogP contribution in [0.5, 0.6) is 0 Å². The third-order valence-corrected chi connectivity index (χ3v) is 10.3. The molecule has 258 valence electrons. The van der Waals surface area contributed by atoms with Crippen LogP contribution in [-0.4, -0.2) is 51.4 Å². The molecule has 0 fully saturated rings. The molecule has 0 bridgehead atoms. The average Bonchev–Trinajstić information content (AvgIpc) is 3.66. The van der Waals surface area contributed by atoms with Crippen molar-refractivity contribution in [2.45, 2.75) is 50.1 Å². The quantitative estimate of drug-likeness (QED) is 0.125.